The van der Waals surface area contributed by atoms with E-state index in [-0.39, 0.29) is 17.9 Å². The number of hydrogen-bond donors (Lipinski definition) is 1. The lowest BCUT2D eigenvalue weighted by atomic mass is 9.71. The van der Waals surface area contributed by atoms with Crippen molar-refractivity contribution in [3.05, 3.63) is 112 Å². The summed E-state index contributed by atoms with van der Waals surface area (Å²) in [5.74, 6) is 0.0193. The Morgan fingerprint density at radius 2 is 1.54 bits per heavy atom. The third-order valence-corrected chi connectivity index (χ3v) is 8.13. The number of aryl methyl sites for hydroxylation is 1. The molecule has 5 rings (SSSR count). The molecular formula is C31H31N3O2S. The molecule has 1 aliphatic heterocycles. The molecule has 37 heavy (non-hydrogen) atoms. The second-order valence-electron chi connectivity index (χ2n) is 9.68. The largest absolute Gasteiger partial charge is 0.349 e. The maximum Gasteiger partial charge on any atom is 0.253 e. The van der Waals surface area contributed by atoms with Crippen LogP contribution in [-0.4, -0.2) is 34.8 Å². The summed E-state index contributed by atoms with van der Waals surface area (Å²) in [4.78, 5) is 33.6. The van der Waals surface area contributed by atoms with Gasteiger partial charge in [0, 0.05) is 29.6 Å². The van der Waals surface area contributed by atoms with Crippen molar-refractivity contribution in [2.75, 3.05) is 13.1 Å². The average molecular weight is 510 g/mol. The zero-order chi connectivity index (χ0) is 25.8. The summed E-state index contributed by atoms with van der Waals surface area (Å²) >= 11 is 1.62. The number of thiazole rings is 1. The molecule has 1 fully saturated rings. The highest BCUT2D eigenvalue weighted by Crippen LogP contribution is 2.37. The number of likely N-dealkylation sites (tertiary alicyclic amines) is 1. The first-order valence-electron chi connectivity index (χ1n) is 12.7. The molecule has 1 N–H and O–H groups in total. The third-order valence-electron chi connectivity index (χ3n) is 7.36. The van der Waals surface area contributed by atoms with Crippen LogP contribution in [-0.2, 0) is 10.2 Å². The number of benzene rings is 3. The van der Waals surface area contributed by atoms with Crippen LogP contribution in [0.2, 0.25) is 0 Å². The van der Waals surface area contributed by atoms with Gasteiger partial charge in [-0.2, -0.15) is 0 Å². The number of nitrogens with one attached hydrogen (secondary N) is 1. The lowest BCUT2D eigenvalue weighted by Crippen LogP contribution is -2.53. The smallest absolute Gasteiger partial charge is 0.253 e. The number of carbonyl (C=O) groups is 2. The third kappa shape index (κ3) is 5.20. The molecule has 0 spiro atoms. The number of aromatic nitrogens is 1. The highest BCUT2D eigenvalue weighted by molar-refractivity contribution is 7.09. The second kappa shape index (κ2) is 10.7. The van der Waals surface area contributed by atoms with Crippen molar-refractivity contribution in [1.29, 1.82) is 0 Å². The number of nitrogens with zero attached hydrogens (tertiary/aromatic N) is 2. The Balaban J connectivity index is 1.31. The molecule has 0 unspecified atom stereocenters. The monoisotopic (exact) mass is 509 g/mol. The first kappa shape index (κ1) is 24.9. The summed E-state index contributed by atoms with van der Waals surface area (Å²) in [6.07, 6.45) is 1.15. The lowest BCUT2D eigenvalue weighted by molar-refractivity contribution is -0.129. The van der Waals surface area contributed by atoms with Crippen LogP contribution < -0.4 is 5.32 Å². The van der Waals surface area contributed by atoms with Gasteiger partial charge in [-0.25, -0.2) is 4.98 Å². The predicted octanol–water partition coefficient (Wildman–Crippen LogP) is 6.17. The Morgan fingerprint density at radius 1 is 0.919 bits per heavy atom. The summed E-state index contributed by atoms with van der Waals surface area (Å²) < 4.78 is 0. The summed E-state index contributed by atoms with van der Waals surface area (Å²) in [7, 11) is 0. The van der Waals surface area contributed by atoms with E-state index in [1.807, 2.05) is 109 Å². The van der Waals surface area contributed by atoms with E-state index in [1.54, 1.807) is 11.3 Å². The van der Waals surface area contributed by atoms with Crippen LogP contribution in [0, 0.1) is 6.92 Å². The zero-order valence-corrected chi connectivity index (χ0v) is 22.0. The molecule has 1 saturated heterocycles. The van der Waals surface area contributed by atoms with E-state index in [2.05, 4.69) is 10.3 Å². The maximum absolute atomic E-state index is 13.8. The molecule has 0 radical (unpaired) electrons. The second-order valence-corrected chi connectivity index (χ2v) is 10.7. The van der Waals surface area contributed by atoms with Crippen molar-refractivity contribution in [3.8, 4) is 11.3 Å². The Morgan fingerprint density at radius 3 is 2.14 bits per heavy atom. The van der Waals surface area contributed by atoms with Gasteiger partial charge in [-0.05, 0) is 49.9 Å². The highest BCUT2D eigenvalue weighted by Gasteiger charge is 2.44. The topological polar surface area (TPSA) is 62.3 Å². The van der Waals surface area contributed by atoms with E-state index in [0.717, 1.165) is 27.4 Å². The molecule has 2 heterocycles. The van der Waals surface area contributed by atoms with Gasteiger partial charge in [-0.1, -0.05) is 72.8 Å². The quantitative estimate of drug-likeness (QED) is 0.338. The number of amides is 2. The lowest BCUT2D eigenvalue weighted by Gasteiger charge is -2.41. The van der Waals surface area contributed by atoms with Crippen molar-refractivity contribution in [1.82, 2.24) is 15.2 Å². The number of piperidine rings is 1. The fourth-order valence-electron chi connectivity index (χ4n) is 5.12. The minimum Gasteiger partial charge on any atom is -0.349 e. The van der Waals surface area contributed by atoms with Crippen molar-refractivity contribution >= 4 is 23.2 Å². The molecule has 2 amide bonds. The van der Waals surface area contributed by atoms with Gasteiger partial charge in [0.2, 0.25) is 5.91 Å². The van der Waals surface area contributed by atoms with Crippen LogP contribution >= 0.6 is 11.3 Å². The van der Waals surface area contributed by atoms with Gasteiger partial charge in [-0.3, -0.25) is 9.59 Å². The SMILES string of the molecule is Cc1nc(-c2ccc(C(=O)N3CCC(C(=O)N[C@@H](C)c4ccccc4)(c4ccccc4)CC3)cc2)cs1. The van der Waals surface area contributed by atoms with E-state index in [1.165, 1.54) is 0 Å². The normalized spacial score (nSPS) is 15.7. The van der Waals surface area contributed by atoms with Gasteiger partial charge >= 0.3 is 0 Å². The van der Waals surface area contributed by atoms with Gasteiger partial charge in [0.05, 0.1) is 22.2 Å². The molecule has 0 saturated carbocycles. The van der Waals surface area contributed by atoms with Crippen molar-refractivity contribution < 1.29 is 9.59 Å². The van der Waals surface area contributed by atoms with Gasteiger partial charge in [0.1, 0.15) is 0 Å². The average Bonchev–Trinajstić information content (AvgIpc) is 3.40. The summed E-state index contributed by atoms with van der Waals surface area (Å²) in [5, 5.41) is 6.31. The van der Waals surface area contributed by atoms with E-state index < -0.39 is 5.41 Å². The van der Waals surface area contributed by atoms with E-state index in [9.17, 15) is 9.59 Å². The molecule has 1 atom stereocenters. The summed E-state index contributed by atoms with van der Waals surface area (Å²) in [6.45, 7) is 5.05. The molecule has 6 heteroatoms. The molecule has 4 aromatic rings. The molecule has 5 nitrogen and oxygen atoms in total. The van der Waals surface area contributed by atoms with Gasteiger partial charge in [0.25, 0.3) is 5.91 Å². The Bertz CT molecular complexity index is 1360. The molecule has 1 aromatic heterocycles. The van der Waals surface area contributed by atoms with Crippen molar-refractivity contribution in [2.45, 2.75) is 38.1 Å². The number of rotatable bonds is 6. The number of hydrogen-bond acceptors (Lipinski definition) is 4. The Hall–Kier alpha value is -3.77. The molecular weight excluding hydrogens is 478 g/mol. The van der Waals surface area contributed by atoms with Crippen molar-refractivity contribution in [3.63, 3.8) is 0 Å². The first-order chi connectivity index (χ1) is 18.0. The first-order valence-corrected chi connectivity index (χ1v) is 13.6. The van der Waals surface area contributed by atoms with E-state index >= 15 is 0 Å². The number of carbonyl (C=O) groups excluding carboxylic acids is 2. The van der Waals surface area contributed by atoms with Crippen LogP contribution in [0.25, 0.3) is 11.3 Å². The van der Waals surface area contributed by atoms with Crippen LogP contribution in [0.3, 0.4) is 0 Å². The maximum atomic E-state index is 13.8. The van der Waals surface area contributed by atoms with Crippen LogP contribution in [0.15, 0.2) is 90.3 Å². The zero-order valence-electron chi connectivity index (χ0n) is 21.2. The molecule has 0 aliphatic carbocycles. The van der Waals surface area contributed by atoms with Crippen LogP contribution in [0.5, 0.6) is 0 Å². The van der Waals surface area contributed by atoms with Gasteiger partial charge in [0.15, 0.2) is 0 Å². The summed E-state index contributed by atoms with van der Waals surface area (Å²) in [5.41, 5.74) is 4.00. The van der Waals surface area contributed by atoms with Crippen LogP contribution in [0.4, 0.5) is 0 Å². The molecule has 0 bridgehead atoms. The minimum atomic E-state index is -0.673. The molecule has 1 aliphatic rings. The van der Waals surface area contributed by atoms with Gasteiger partial charge in [-0.15, -0.1) is 11.3 Å². The Kier molecular flexibility index (Phi) is 7.19. The summed E-state index contributed by atoms with van der Waals surface area (Å²) in [6, 6.07) is 27.6. The fourth-order valence-corrected chi connectivity index (χ4v) is 5.74. The minimum absolute atomic E-state index is 0.000678. The highest BCUT2D eigenvalue weighted by atomic mass is 32.1. The molecule has 3 aromatic carbocycles. The molecule has 188 valence electrons. The van der Waals surface area contributed by atoms with E-state index in [0.29, 0.717) is 31.5 Å². The van der Waals surface area contributed by atoms with Crippen LogP contribution in [0.1, 0.15) is 52.3 Å². The predicted molar refractivity (Wildman–Crippen MR) is 149 cm³/mol. The Labute approximate surface area is 222 Å². The van der Waals surface area contributed by atoms with Gasteiger partial charge < -0.3 is 10.2 Å². The standard InChI is InChI=1S/C31H31N3O2S/c1-22(24-9-5-3-6-10-24)32-30(36)31(27-11-7-4-8-12-27)17-19-34(20-18-31)29(35)26-15-13-25(14-16-26)28-21-37-23(2)33-28/h3-16,21-22H,17-20H2,1-2H3,(H,32,36)/t22-/m0/s1. The van der Waals surface area contributed by atoms with Crippen molar-refractivity contribution in [2.24, 2.45) is 0 Å². The fraction of sp³-hybridized carbons (Fsp3) is 0.258. The van der Waals surface area contributed by atoms with E-state index in [4.69, 9.17) is 0 Å².